The van der Waals surface area contributed by atoms with Crippen LogP contribution in [0.4, 0.5) is 10.6 Å². The van der Waals surface area contributed by atoms with Crippen LogP contribution in [0.3, 0.4) is 0 Å². The second kappa shape index (κ2) is 6.98. The van der Waals surface area contributed by atoms with E-state index in [1.54, 1.807) is 4.90 Å². The number of rotatable bonds is 2. The van der Waals surface area contributed by atoms with Gasteiger partial charge in [-0.2, -0.15) is 0 Å². The average molecular weight is 382 g/mol. The first kappa shape index (κ1) is 18.6. The van der Waals surface area contributed by atoms with Crippen LogP contribution in [0.2, 0.25) is 0 Å². The normalized spacial score (nSPS) is 15.4. The van der Waals surface area contributed by atoms with Crippen LogP contribution < -0.4 is 4.90 Å². The van der Waals surface area contributed by atoms with E-state index in [4.69, 9.17) is 9.72 Å². The van der Waals surface area contributed by atoms with Gasteiger partial charge >= 0.3 is 6.09 Å². The molecule has 0 spiro atoms. The van der Waals surface area contributed by atoms with Gasteiger partial charge in [-0.3, -0.25) is 0 Å². The molecule has 2 aromatic heterocycles. The Balaban J connectivity index is 1.60. The van der Waals surface area contributed by atoms with Crippen molar-refractivity contribution in [1.82, 2.24) is 14.9 Å². The Morgan fingerprint density at radius 3 is 2.61 bits per heavy atom. The number of aliphatic hydroxyl groups is 1. The van der Waals surface area contributed by atoms with Gasteiger partial charge in [-0.25, -0.2) is 9.78 Å². The molecule has 28 heavy (non-hydrogen) atoms. The number of H-pyrrole nitrogens is 1. The van der Waals surface area contributed by atoms with Gasteiger partial charge in [-0.1, -0.05) is 6.07 Å². The maximum absolute atomic E-state index is 12.3. The number of fused-ring (bicyclic) bond motifs is 3. The summed E-state index contributed by atoms with van der Waals surface area (Å²) in [5.74, 6) is 0.921. The molecule has 0 saturated carbocycles. The van der Waals surface area contributed by atoms with E-state index in [1.165, 1.54) is 0 Å². The van der Waals surface area contributed by atoms with Crippen molar-refractivity contribution in [2.24, 2.45) is 0 Å². The van der Waals surface area contributed by atoms with Crippen molar-refractivity contribution in [3.8, 4) is 0 Å². The zero-order chi connectivity index (χ0) is 19.9. The molecule has 0 aliphatic carbocycles. The third-order valence-corrected chi connectivity index (χ3v) is 4.96. The lowest BCUT2D eigenvalue weighted by Crippen LogP contribution is -2.50. The highest BCUT2D eigenvalue weighted by Gasteiger charge is 2.27. The van der Waals surface area contributed by atoms with Crippen molar-refractivity contribution in [1.29, 1.82) is 0 Å². The minimum Gasteiger partial charge on any atom is -0.444 e. The number of carbonyl (C=O) groups excluding carboxylic acids is 1. The van der Waals surface area contributed by atoms with Crippen LogP contribution in [-0.4, -0.2) is 57.8 Å². The number of pyridine rings is 1. The van der Waals surface area contributed by atoms with Crippen LogP contribution in [0.1, 0.15) is 26.3 Å². The van der Waals surface area contributed by atoms with Crippen molar-refractivity contribution in [3.05, 3.63) is 36.0 Å². The number of carbonyl (C=O) groups is 1. The number of aromatic amines is 1. The molecule has 1 amide bonds. The fraction of sp³-hybridized carbons (Fsp3) is 0.429. The average Bonchev–Trinajstić information content (AvgIpc) is 3.16. The lowest BCUT2D eigenvalue weighted by Gasteiger charge is -2.36. The molecule has 3 heterocycles. The molecule has 1 aliphatic heterocycles. The van der Waals surface area contributed by atoms with E-state index in [0.717, 1.165) is 33.2 Å². The van der Waals surface area contributed by atoms with Gasteiger partial charge in [0.05, 0.1) is 17.6 Å². The predicted molar refractivity (Wildman–Crippen MR) is 110 cm³/mol. The van der Waals surface area contributed by atoms with Crippen LogP contribution in [0.5, 0.6) is 0 Å². The number of aliphatic hydroxyl groups excluding tert-OH is 1. The number of amides is 1. The smallest absolute Gasteiger partial charge is 0.410 e. The molecule has 1 saturated heterocycles. The second-order valence-electron chi connectivity index (χ2n) is 8.17. The highest BCUT2D eigenvalue weighted by atomic mass is 16.6. The van der Waals surface area contributed by atoms with Gasteiger partial charge < -0.3 is 24.6 Å². The maximum Gasteiger partial charge on any atom is 0.410 e. The zero-order valence-corrected chi connectivity index (χ0v) is 16.5. The maximum atomic E-state index is 12.3. The molecular weight excluding hydrogens is 356 g/mol. The summed E-state index contributed by atoms with van der Waals surface area (Å²) < 4.78 is 5.48. The molecule has 4 rings (SSSR count). The van der Waals surface area contributed by atoms with Crippen molar-refractivity contribution in [2.75, 3.05) is 31.1 Å². The Hall–Kier alpha value is -2.80. The highest BCUT2D eigenvalue weighted by Crippen LogP contribution is 2.32. The van der Waals surface area contributed by atoms with Crippen LogP contribution in [0, 0.1) is 0 Å². The first-order valence-corrected chi connectivity index (χ1v) is 9.59. The molecule has 1 fully saturated rings. The second-order valence-corrected chi connectivity index (χ2v) is 8.17. The van der Waals surface area contributed by atoms with Crippen molar-refractivity contribution in [3.63, 3.8) is 0 Å². The summed E-state index contributed by atoms with van der Waals surface area (Å²) in [5.41, 5.74) is 2.28. The van der Waals surface area contributed by atoms with E-state index >= 15 is 0 Å². The molecule has 0 unspecified atom stereocenters. The van der Waals surface area contributed by atoms with E-state index in [0.29, 0.717) is 26.2 Å². The molecule has 0 atom stereocenters. The Morgan fingerprint density at radius 2 is 1.93 bits per heavy atom. The highest BCUT2D eigenvalue weighted by molar-refractivity contribution is 6.08. The fourth-order valence-corrected chi connectivity index (χ4v) is 3.60. The molecule has 7 heteroatoms. The van der Waals surface area contributed by atoms with Gasteiger partial charge in [0, 0.05) is 43.1 Å². The summed E-state index contributed by atoms with van der Waals surface area (Å²) in [6, 6.07) is 7.85. The lowest BCUT2D eigenvalue weighted by atomic mass is 10.1. The first-order chi connectivity index (χ1) is 13.4. The number of nitrogens with one attached hydrogen (secondary N) is 1. The zero-order valence-electron chi connectivity index (χ0n) is 16.5. The Labute approximate surface area is 163 Å². The first-order valence-electron chi connectivity index (χ1n) is 9.59. The molecular formula is C21H26N4O3. The molecule has 1 aromatic carbocycles. The SMILES string of the molecule is CC(C)(C)OC(=O)N1CCN(c2nc3ccc(CO)cc3c3[nH]ccc23)CC1. The quantitative estimate of drug-likeness (QED) is 0.711. The van der Waals surface area contributed by atoms with E-state index in [9.17, 15) is 9.90 Å². The van der Waals surface area contributed by atoms with Crippen molar-refractivity contribution in [2.45, 2.75) is 33.0 Å². The molecule has 7 nitrogen and oxygen atoms in total. The summed E-state index contributed by atoms with van der Waals surface area (Å²) in [6.07, 6.45) is 1.65. The summed E-state index contributed by atoms with van der Waals surface area (Å²) in [7, 11) is 0. The van der Waals surface area contributed by atoms with Gasteiger partial charge in [-0.15, -0.1) is 0 Å². The molecule has 3 aromatic rings. The Bertz CT molecular complexity index is 1010. The van der Waals surface area contributed by atoms with Crippen molar-refractivity contribution >= 4 is 33.7 Å². The monoisotopic (exact) mass is 382 g/mol. The topological polar surface area (TPSA) is 81.7 Å². The van der Waals surface area contributed by atoms with Gasteiger partial charge in [0.15, 0.2) is 0 Å². The molecule has 148 valence electrons. The summed E-state index contributed by atoms with van der Waals surface area (Å²) >= 11 is 0. The number of anilines is 1. The molecule has 2 N–H and O–H groups in total. The fourth-order valence-electron chi connectivity index (χ4n) is 3.60. The number of nitrogens with zero attached hydrogens (tertiary/aromatic N) is 3. The number of hydrogen-bond donors (Lipinski definition) is 2. The minimum atomic E-state index is -0.487. The van der Waals surface area contributed by atoms with Gasteiger partial charge in [0.1, 0.15) is 11.4 Å². The Kier molecular flexibility index (Phi) is 4.63. The number of piperazine rings is 1. The van der Waals surface area contributed by atoms with Gasteiger partial charge in [0.2, 0.25) is 0 Å². The summed E-state index contributed by atoms with van der Waals surface area (Å²) in [5, 5.41) is 11.5. The summed E-state index contributed by atoms with van der Waals surface area (Å²) in [6.45, 7) is 8.25. The summed E-state index contributed by atoms with van der Waals surface area (Å²) in [4.78, 5) is 24.5. The van der Waals surface area contributed by atoms with E-state index in [2.05, 4.69) is 9.88 Å². The van der Waals surface area contributed by atoms with E-state index < -0.39 is 5.60 Å². The van der Waals surface area contributed by atoms with Crippen LogP contribution >= 0.6 is 0 Å². The minimum absolute atomic E-state index is 0.00647. The third-order valence-electron chi connectivity index (χ3n) is 4.96. The van der Waals surface area contributed by atoms with Crippen molar-refractivity contribution < 1.29 is 14.6 Å². The Morgan fingerprint density at radius 1 is 1.18 bits per heavy atom. The third kappa shape index (κ3) is 3.49. The van der Waals surface area contributed by atoms with Gasteiger partial charge in [0.25, 0.3) is 0 Å². The number of hydrogen-bond acceptors (Lipinski definition) is 5. The molecule has 0 radical (unpaired) electrons. The van der Waals surface area contributed by atoms with Crippen LogP contribution in [0.15, 0.2) is 30.5 Å². The molecule has 0 bridgehead atoms. The van der Waals surface area contributed by atoms with Crippen LogP contribution in [-0.2, 0) is 11.3 Å². The van der Waals surface area contributed by atoms with E-state index in [1.807, 2.05) is 51.2 Å². The number of benzene rings is 1. The van der Waals surface area contributed by atoms with Crippen LogP contribution in [0.25, 0.3) is 21.8 Å². The largest absolute Gasteiger partial charge is 0.444 e. The standard InChI is InChI=1S/C21H26N4O3/c1-21(2,3)28-20(27)25-10-8-24(9-11-25)19-15-6-7-22-18(15)16-12-14(13-26)4-5-17(16)23-19/h4-7,12,22,26H,8-11,13H2,1-3H3. The van der Waals surface area contributed by atoms with E-state index in [-0.39, 0.29) is 12.7 Å². The lowest BCUT2D eigenvalue weighted by molar-refractivity contribution is 0.0240. The van der Waals surface area contributed by atoms with Gasteiger partial charge in [-0.05, 0) is 44.5 Å². The predicted octanol–water partition coefficient (Wildman–Crippen LogP) is 3.27. The molecule has 1 aliphatic rings. The number of ether oxygens (including phenoxy) is 1. The number of aromatic nitrogens is 2.